The first kappa shape index (κ1) is 15.0. The second kappa shape index (κ2) is 4.99. The molecule has 0 amide bonds. The quantitative estimate of drug-likeness (QED) is 0.601. The summed E-state index contributed by atoms with van der Waals surface area (Å²) in [4.78, 5) is 12.6. The molecular weight excluding hydrogens is 327 g/mol. The van der Waals surface area contributed by atoms with Gasteiger partial charge in [0, 0.05) is 11.1 Å². The molecule has 1 unspecified atom stereocenters. The highest BCUT2D eigenvalue weighted by molar-refractivity contribution is 7.54. The van der Waals surface area contributed by atoms with Gasteiger partial charge in [-0.05, 0) is 49.7 Å². The molecule has 24 heavy (non-hydrogen) atoms. The van der Waals surface area contributed by atoms with E-state index in [1.807, 2.05) is 19.1 Å². The lowest BCUT2D eigenvalue weighted by Gasteiger charge is -2.08. The fraction of sp³-hybridized carbons (Fsp3) is 0.167. The molecule has 0 radical (unpaired) electrons. The van der Waals surface area contributed by atoms with E-state index in [4.69, 9.17) is 13.5 Å². The van der Waals surface area contributed by atoms with Gasteiger partial charge >= 0.3 is 7.60 Å². The monoisotopic (exact) mass is 342 g/mol. The van der Waals surface area contributed by atoms with E-state index in [-0.39, 0.29) is 5.43 Å². The SMILES string of the molecule is Cc1ccc2c(=O)c(C)c(-c3ccc4c(c3)OP(C)(=O)O4)oc2c1. The van der Waals surface area contributed by atoms with Crippen LogP contribution in [0.5, 0.6) is 11.5 Å². The Kier molecular flexibility index (Phi) is 3.12. The smallest absolute Gasteiger partial charge is 0.427 e. The van der Waals surface area contributed by atoms with E-state index in [0.717, 1.165) is 5.56 Å². The van der Waals surface area contributed by atoms with E-state index >= 15 is 0 Å². The Bertz CT molecular complexity index is 1100. The van der Waals surface area contributed by atoms with Crippen LogP contribution in [0.2, 0.25) is 0 Å². The van der Waals surface area contributed by atoms with Crippen molar-refractivity contribution in [1.82, 2.24) is 0 Å². The van der Waals surface area contributed by atoms with E-state index in [2.05, 4.69) is 0 Å². The zero-order valence-corrected chi connectivity index (χ0v) is 14.3. The van der Waals surface area contributed by atoms with Crippen molar-refractivity contribution in [2.24, 2.45) is 0 Å². The van der Waals surface area contributed by atoms with Crippen LogP contribution in [0.15, 0.2) is 45.6 Å². The Morgan fingerprint density at radius 2 is 1.71 bits per heavy atom. The van der Waals surface area contributed by atoms with Crippen molar-refractivity contribution in [3.63, 3.8) is 0 Å². The molecule has 0 N–H and O–H groups in total. The van der Waals surface area contributed by atoms with E-state index < -0.39 is 7.60 Å². The lowest BCUT2D eigenvalue weighted by atomic mass is 10.0. The van der Waals surface area contributed by atoms with Crippen LogP contribution in [0.1, 0.15) is 11.1 Å². The molecule has 0 spiro atoms. The molecule has 5 nitrogen and oxygen atoms in total. The minimum Gasteiger partial charge on any atom is -0.456 e. The molecule has 2 heterocycles. The molecular formula is C18H15O5P. The van der Waals surface area contributed by atoms with Crippen molar-refractivity contribution in [3.05, 3.63) is 57.7 Å². The largest absolute Gasteiger partial charge is 0.456 e. The van der Waals surface area contributed by atoms with Gasteiger partial charge in [-0.2, -0.15) is 0 Å². The van der Waals surface area contributed by atoms with E-state index in [9.17, 15) is 9.36 Å². The summed E-state index contributed by atoms with van der Waals surface area (Å²) in [6.45, 7) is 5.09. The van der Waals surface area contributed by atoms with Gasteiger partial charge in [-0.3, -0.25) is 4.79 Å². The number of aryl methyl sites for hydroxylation is 1. The first-order chi connectivity index (χ1) is 11.3. The summed E-state index contributed by atoms with van der Waals surface area (Å²) in [6, 6.07) is 10.6. The first-order valence-electron chi connectivity index (χ1n) is 7.49. The molecule has 2 aromatic carbocycles. The Labute approximate surface area is 138 Å². The van der Waals surface area contributed by atoms with Crippen LogP contribution in [0.25, 0.3) is 22.3 Å². The Morgan fingerprint density at radius 1 is 0.958 bits per heavy atom. The standard InChI is InChI=1S/C18H15O5P/c1-10-4-6-13-15(8-10)21-18(11(2)17(13)19)12-5-7-14-16(9-12)23-24(3,20)22-14/h4-9H,1-3H3. The molecule has 1 atom stereocenters. The minimum atomic E-state index is -3.10. The molecule has 6 heteroatoms. The van der Waals surface area contributed by atoms with Crippen molar-refractivity contribution in [1.29, 1.82) is 0 Å². The van der Waals surface area contributed by atoms with Gasteiger partial charge in [-0.15, -0.1) is 0 Å². The third-order valence-corrected chi connectivity index (χ3v) is 5.07. The van der Waals surface area contributed by atoms with Gasteiger partial charge in [0.15, 0.2) is 16.9 Å². The molecule has 0 saturated carbocycles. The lowest BCUT2D eigenvalue weighted by molar-refractivity contribution is 0.439. The molecule has 4 rings (SSSR count). The van der Waals surface area contributed by atoms with Crippen molar-refractivity contribution in [3.8, 4) is 22.8 Å². The molecule has 0 aliphatic carbocycles. The second-order valence-corrected chi connectivity index (χ2v) is 7.91. The van der Waals surface area contributed by atoms with Crippen LogP contribution < -0.4 is 14.5 Å². The highest BCUT2D eigenvalue weighted by Crippen LogP contribution is 2.56. The van der Waals surface area contributed by atoms with Crippen LogP contribution in [0.3, 0.4) is 0 Å². The van der Waals surface area contributed by atoms with Gasteiger partial charge in [0.2, 0.25) is 0 Å². The molecule has 1 aromatic heterocycles. The third-order valence-electron chi connectivity index (χ3n) is 4.01. The van der Waals surface area contributed by atoms with E-state index in [0.29, 0.717) is 39.4 Å². The molecule has 3 aromatic rings. The fourth-order valence-electron chi connectivity index (χ4n) is 2.84. The van der Waals surface area contributed by atoms with E-state index in [1.54, 1.807) is 31.2 Å². The molecule has 0 fully saturated rings. The topological polar surface area (TPSA) is 65.7 Å². The van der Waals surface area contributed by atoms with Crippen molar-refractivity contribution < 1.29 is 18.0 Å². The maximum Gasteiger partial charge on any atom is 0.427 e. The predicted molar refractivity (Wildman–Crippen MR) is 92.2 cm³/mol. The highest BCUT2D eigenvalue weighted by Gasteiger charge is 2.31. The summed E-state index contributed by atoms with van der Waals surface area (Å²) in [7, 11) is -3.10. The number of benzene rings is 2. The number of rotatable bonds is 1. The average Bonchev–Trinajstić information content (AvgIpc) is 2.83. The summed E-state index contributed by atoms with van der Waals surface area (Å²) in [5.74, 6) is 1.30. The average molecular weight is 342 g/mol. The zero-order valence-electron chi connectivity index (χ0n) is 13.5. The Hall–Kier alpha value is -2.52. The lowest BCUT2D eigenvalue weighted by Crippen LogP contribution is -2.07. The maximum absolute atomic E-state index is 12.6. The highest BCUT2D eigenvalue weighted by atomic mass is 31.2. The predicted octanol–water partition coefficient (Wildman–Crippen LogP) is 4.67. The maximum atomic E-state index is 12.6. The fourth-order valence-corrected chi connectivity index (χ4v) is 3.89. The van der Waals surface area contributed by atoms with Crippen LogP contribution in [0.4, 0.5) is 0 Å². The molecule has 0 saturated heterocycles. The molecule has 122 valence electrons. The summed E-state index contributed by atoms with van der Waals surface area (Å²) >= 11 is 0. The van der Waals surface area contributed by atoms with Crippen LogP contribution in [-0.2, 0) is 4.57 Å². The molecule has 0 bridgehead atoms. The van der Waals surface area contributed by atoms with Crippen molar-refractivity contribution in [2.75, 3.05) is 6.66 Å². The third kappa shape index (κ3) is 2.33. The number of hydrogen-bond donors (Lipinski definition) is 0. The molecule has 1 aliphatic heterocycles. The zero-order chi connectivity index (χ0) is 17.1. The van der Waals surface area contributed by atoms with Gasteiger partial charge in [0.05, 0.1) is 12.1 Å². The van der Waals surface area contributed by atoms with Crippen molar-refractivity contribution >= 4 is 18.6 Å². The van der Waals surface area contributed by atoms with Crippen molar-refractivity contribution in [2.45, 2.75) is 13.8 Å². The van der Waals surface area contributed by atoms with Gasteiger partial charge in [0.25, 0.3) is 0 Å². The summed E-state index contributed by atoms with van der Waals surface area (Å²) < 4.78 is 28.5. The van der Waals surface area contributed by atoms with Crippen LogP contribution in [-0.4, -0.2) is 6.66 Å². The number of hydrogen-bond acceptors (Lipinski definition) is 5. The summed E-state index contributed by atoms with van der Waals surface area (Å²) in [5.41, 5.74) is 2.68. The Morgan fingerprint density at radius 3 is 2.50 bits per heavy atom. The van der Waals surface area contributed by atoms with Gasteiger partial charge in [-0.1, -0.05) is 6.07 Å². The summed E-state index contributed by atoms with van der Waals surface area (Å²) in [6.07, 6.45) is 0. The number of fused-ring (bicyclic) bond motifs is 2. The second-order valence-electron chi connectivity index (χ2n) is 6.00. The minimum absolute atomic E-state index is 0.0647. The van der Waals surface area contributed by atoms with Gasteiger partial charge < -0.3 is 13.5 Å². The first-order valence-corrected chi connectivity index (χ1v) is 9.48. The van der Waals surface area contributed by atoms with Crippen LogP contribution >= 0.6 is 7.60 Å². The van der Waals surface area contributed by atoms with Crippen LogP contribution in [0, 0.1) is 13.8 Å². The van der Waals surface area contributed by atoms with Gasteiger partial charge in [0.1, 0.15) is 11.3 Å². The Balaban J connectivity index is 1.93. The summed E-state index contributed by atoms with van der Waals surface area (Å²) in [5, 5.41) is 0.556. The van der Waals surface area contributed by atoms with Gasteiger partial charge in [-0.25, -0.2) is 4.57 Å². The molecule has 1 aliphatic rings. The normalized spacial score (nSPS) is 19.0. The van der Waals surface area contributed by atoms with E-state index in [1.165, 1.54) is 6.66 Å².